The van der Waals surface area contributed by atoms with Gasteiger partial charge in [-0.05, 0) is 65.2 Å². The van der Waals surface area contributed by atoms with Gasteiger partial charge in [-0.1, -0.05) is 0 Å². The van der Waals surface area contributed by atoms with Crippen LogP contribution in [0.15, 0.2) is 29.2 Å². The van der Waals surface area contributed by atoms with Gasteiger partial charge >= 0.3 is 0 Å². The molecule has 0 radical (unpaired) electrons. The van der Waals surface area contributed by atoms with E-state index in [0.29, 0.717) is 12.1 Å². The molecule has 0 bridgehead atoms. The average Bonchev–Trinajstić information content (AvgIpc) is 2.42. The minimum absolute atomic E-state index is 0.158. The van der Waals surface area contributed by atoms with Gasteiger partial charge in [-0.3, -0.25) is 4.79 Å². The van der Waals surface area contributed by atoms with Crippen molar-refractivity contribution in [2.24, 2.45) is 0 Å². The van der Waals surface area contributed by atoms with Gasteiger partial charge in [0.15, 0.2) is 0 Å². The normalized spacial score (nSPS) is 11.9. The van der Waals surface area contributed by atoms with Crippen molar-refractivity contribution >= 4 is 15.9 Å². The lowest BCUT2D eigenvalue weighted by atomic mass is 10.2. The van der Waals surface area contributed by atoms with Crippen molar-refractivity contribution in [2.75, 3.05) is 27.2 Å². The first-order valence-corrected chi connectivity index (χ1v) is 8.76. The third-order valence-corrected chi connectivity index (χ3v) is 4.56. The number of sulfonamides is 1. The second-order valence-corrected chi connectivity index (χ2v) is 7.43. The Hall–Kier alpha value is -1.44. The highest BCUT2D eigenvalue weighted by molar-refractivity contribution is 7.89. The van der Waals surface area contributed by atoms with E-state index in [1.165, 1.54) is 24.3 Å². The fourth-order valence-corrected chi connectivity index (χ4v) is 3.11. The number of amides is 1. The third-order valence-electron chi connectivity index (χ3n) is 2.89. The Morgan fingerprint density at radius 1 is 1.18 bits per heavy atom. The van der Waals surface area contributed by atoms with Crippen LogP contribution in [0.2, 0.25) is 0 Å². The van der Waals surface area contributed by atoms with Gasteiger partial charge in [0.25, 0.3) is 5.91 Å². The van der Waals surface area contributed by atoms with E-state index in [2.05, 4.69) is 10.0 Å². The van der Waals surface area contributed by atoms with Gasteiger partial charge in [0, 0.05) is 18.2 Å². The van der Waals surface area contributed by atoms with Crippen LogP contribution in [0.1, 0.15) is 30.6 Å². The molecule has 0 fully saturated rings. The van der Waals surface area contributed by atoms with Crippen molar-refractivity contribution < 1.29 is 13.2 Å². The molecule has 2 N–H and O–H groups in total. The number of hydrogen-bond acceptors (Lipinski definition) is 4. The Labute approximate surface area is 132 Å². The molecule has 0 aliphatic heterocycles. The standard InChI is InChI=1S/C15H25N3O3S/c1-12(2)17-22(20,21)14-8-6-13(7-9-14)15(19)16-10-5-11-18(3)4/h6-9,12,17H,5,10-11H2,1-4H3,(H,16,19). The van der Waals surface area contributed by atoms with Crippen LogP contribution in [0.3, 0.4) is 0 Å². The SMILES string of the molecule is CC(C)NS(=O)(=O)c1ccc(C(=O)NCCCN(C)C)cc1. The Morgan fingerprint density at radius 3 is 2.27 bits per heavy atom. The van der Waals surface area contributed by atoms with E-state index in [4.69, 9.17) is 0 Å². The fraction of sp³-hybridized carbons (Fsp3) is 0.533. The lowest BCUT2D eigenvalue weighted by molar-refractivity contribution is 0.0952. The summed E-state index contributed by atoms with van der Waals surface area (Å²) in [5.74, 6) is -0.195. The zero-order valence-electron chi connectivity index (χ0n) is 13.6. The summed E-state index contributed by atoms with van der Waals surface area (Å²) < 4.78 is 26.5. The minimum atomic E-state index is -3.52. The molecule has 1 aromatic carbocycles. The molecule has 0 saturated carbocycles. The molecule has 1 amide bonds. The van der Waals surface area contributed by atoms with Crippen molar-refractivity contribution in [1.82, 2.24) is 14.9 Å². The quantitative estimate of drug-likeness (QED) is 0.700. The number of nitrogens with one attached hydrogen (secondary N) is 2. The van der Waals surface area contributed by atoms with Crippen molar-refractivity contribution in [3.63, 3.8) is 0 Å². The molecule has 0 saturated heterocycles. The number of carbonyl (C=O) groups excluding carboxylic acids is 1. The second kappa shape index (κ2) is 8.26. The summed E-state index contributed by atoms with van der Waals surface area (Å²) in [5.41, 5.74) is 0.452. The summed E-state index contributed by atoms with van der Waals surface area (Å²) in [6.07, 6.45) is 0.865. The summed E-state index contributed by atoms with van der Waals surface area (Å²) in [6.45, 7) is 5.00. The molecule has 1 rings (SSSR count). The van der Waals surface area contributed by atoms with Crippen LogP contribution in [0.5, 0.6) is 0 Å². The molecule has 0 aliphatic carbocycles. The molecule has 22 heavy (non-hydrogen) atoms. The van der Waals surface area contributed by atoms with Crippen LogP contribution < -0.4 is 10.0 Å². The highest BCUT2D eigenvalue weighted by atomic mass is 32.2. The minimum Gasteiger partial charge on any atom is -0.352 e. The lowest BCUT2D eigenvalue weighted by Crippen LogP contribution is -2.30. The second-order valence-electron chi connectivity index (χ2n) is 5.71. The maximum Gasteiger partial charge on any atom is 0.251 e. The molecule has 7 heteroatoms. The average molecular weight is 327 g/mol. The van der Waals surface area contributed by atoms with Crippen LogP contribution >= 0.6 is 0 Å². The van der Waals surface area contributed by atoms with Gasteiger partial charge in [-0.2, -0.15) is 0 Å². The predicted octanol–water partition coefficient (Wildman–Crippen LogP) is 1.05. The van der Waals surface area contributed by atoms with Crippen molar-refractivity contribution in [1.29, 1.82) is 0 Å². The molecular formula is C15H25N3O3S. The van der Waals surface area contributed by atoms with E-state index >= 15 is 0 Å². The Balaban J connectivity index is 2.63. The molecule has 0 aromatic heterocycles. The summed E-state index contributed by atoms with van der Waals surface area (Å²) in [4.78, 5) is 14.1. The third kappa shape index (κ3) is 6.13. The van der Waals surface area contributed by atoms with Gasteiger partial charge in [0.2, 0.25) is 10.0 Å². The smallest absolute Gasteiger partial charge is 0.251 e. The summed E-state index contributed by atoms with van der Waals surface area (Å²) in [5, 5.41) is 2.81. The van der Waals surface area contributed by atoms with Crippen LogP contribution in [0, 0.1) is 0 Å². The number of benzene rings is 1. The van der Waals surface area contributed by atoms with E-state index in [9.17, 15) is 13.2 Å². The molecule has 0 atom stereocenters. The number of carbonyl (C=O) groups is 1. The first kappa shape index (κ1) is 18.6. The lowest BCUT2D eigenvalue weighted by Gasteiger charge is -2.11. The van der Waals surface area contributed by atoms with Gasteiger partial charge in [-0.25, -0.2) is 13.1 Å². The fourth-order valence-electron chi connectivity index (χ4n) is 1.86. The monoisotopic (exact) mass is 327 g/mol. The van der Waals surface area contributed by atoms with Gasteiger partial charge < -0.3 is 10.2 Å². The molecule has 0 aliphatic rings. The van der Waals surface area contributed by atoms with Crippen LogP contribution in [-0.4, -0.2) is 52.5 Å². The zero-order chi connectivity index (χ0) is 16.8. The van der Waals surface area contributed by atoms with E-state index in [-0.39, 0.29) is 16.8 Å². The number of hydrogen-bond donors (Lipinski definition) is 2. The molecule has 124 valence electrons. The molecule has 0 unspecified atom stereocenters. The van der Waals surface area contributed by atoms with Crippen molar-refractivity contribution in [2.45, 2.75) is 31.2 Å². The zero-order valence-corrected chi connectivity index (χ0v) is 14.4. The highest BCUT2D eigenvalue weighted by Crippen LogP contribution is 2.11. The Kier molecular flexibility index (Phi) is 6.99. The van der Waals surface area contributed by atoms with Crippen LogP contribution in [0.25, 0.3) is 0 Å². The van der Waals surface area contributed by atoms with Gasteiger partial charge in [0.05, 0.1) is 4.90 Å². The topological polar surface area (TPSA) is 78.5 Å². The van der Waals surface area contributed by atoms with E-state index in [1.807, 2.05) is 19.0 Å². The largest absolute Gasteiger partial charge is 0.352 e. The van der Waals surface area contributed by atoms with Crippen LogP contribution in [0.4, 0.5) is 0 Å². The molecule has 1 aromatic rings. The Morgan fingerprint density at radius 2 is 1.77 bits per heavy atom. The predicted molar refractivity (Wildman–Crippen MR) is 87.4 cm³/mol. The first-order chi connectivity index (χ1) is 10.2. The maximum absolute atomic E-state index is 12.0. The van der Waals surface area contributed by atoms with E-state index < -0.39 is 10.0 Å². The van der Waals surface area contributed by atoms with Crippen LogP contribution in [-0.2, 0) is 10.0 Å². The molecule has 6 nitrogen and oxygen atoms in total. The van der Waals surface area contributed by atoms with E-state index in [0.717, 1.165) is 13.0 Å². The molecular weight excluding hydrogens is 302 g/mol. The summed E-state index contributed by atoms with van der Waals surface area (Å²) >= 11 is 0. The Bertz CT molecular complexity index is 581. The maximum atomic E-state index is 12.0. The van der Waals surface area contributed by atoms with Gasteiger partial charge in [-0.15, -0.1) is 0 Å². The number of nitrogens with zero attached hydrogens (tertiary/aromatic N) is 1. The first-order valence-electron chi connectivity index (χ1n) is 7.27. The number of rotatable bonds is 8. The van der Waals surface area contributed by atoms with Crippen molar-refractivity contribution in [3.05, 3.63) is 29.8 Å². The highest BCUT2D eigenvalue weighted by Gasteiger charge is 2.15. The molecule has 0 heterocycles. The summed E-state index contributed by atoms with van der Waals surface area (Å²) in [7, 11) is 0.437. The summed E-state index contributed by atoms with van der Waals surface area (Å²) in [6, 6.07) is 5.76. The van der Waals surface area contributed by atoms with Crippen molar-refractivity contribution in [3.8, 4) is 0 Å². The molecule has 0 spiro atoms. The van der Waals surface area contributed by atoms with Gasteiger partial charge in [0.1, 0.15) is 0 Å². The van der Waals surface area contributed by atoms with E-state index in [1.54, 1.807) is 13.8 Å².